The highest BCUT2D eigenvalue weighted by Crippen LogP contribution is 2.34. The van der Waals surface area contributed by atoms with Crippen molar-refractivity contribution in [1.82, 2.24) is 4.90 Å². The predicted octanol–water partition coefficient (Wildman–Crippen LogP) is 2.49. The Morgan fingerprint density at radius 1 is 1.48 bits per heavy atom. The maximum Gasteiger partial charge on any atom is 0.262 e. The number of nitrogens with one attached hydrogen (secondary N) is 1. The van der Waals surface area contributed by atoms with Gasteiger partial charge in [0.25, 0.3) is 11.8 Å². The number of halogens is 2. The van der Waals surface area contributed by atoms with Gasteiger partial charge in [-0.3, -0.25) is 9.69 Å². The van der Waals surface area contributed by atoms with Gasteiger partial charge in [-0.15, -0.1) is 0 Å². The molecule has 1 unspecified atom stereocenters. The Balaban J connectivity index is 1.69. The van der Waals surface area contributed by atoms with E-state index in [4.69, 9.17) is 4.74 Å². The van der Waals surface area contributed by atoms with Crippen molar-refractivity contribution in [3.05, 3.63) is 23.8 Å². The number of carbonyl (C=O) groups is 1. The number of anilines is 1. The first-order chi connectivity index (χ1) is 9.94. The zero-order valence-electron chi connectivity index (χ0n) is 11.9. The minimum absolute atomic E-state index is 0.0328. The SMILES string of the molecule is CC1CN(Cc2ccc3c(c2)NC(=O)CO3)CCC1(F)F. The van der Waals surface area contributed by atoms with Crippen LogP contribution in [0.25, 0.3) is 0 Å². The van der Waals surface area contributed by atoms with E-state index >= 15 is 0 Å². The average molecular weight is 296 g/mol. The van der Waals surface area contributed by atoms with Gasteiger partial charge in [0, 0.05) is 32.0 Å². The van der Waals surface area contributed by atoms with Crippen LogP contribution >= 0.6 is 0 Å². The third-order valence-electron chi connectivity index (χ3n) is 4.10. The van der Waals surface area contributed by atoms with Gasteiger partial charge in [-0.1, -0.05) is 13.0 Å². The summed E-state index contributed by atoms with van der Waals surface area (Å²) in [5, 5.41) is 2.76. The molecule has 2 aliphatic rings. The van der Waals surface area contributed by atoms with Gasteiger partial charge in [0.2, 0.25) is 0 Å². The van der Waals surface area contributed by atoms with Gasteiger partial charge >= 0.3 is 0 Å². The summed E-state index contributed by atoms with van der Waals surface area (Å²) >= 11 is 0. The summed E-state index contributed by atoms with van der Waals surface area (Å²) in [6.07, 6.45) is -0.0983. The molecule has 0 aromatic heterocycles. The molecule has 0 saturated carbocycles. The monoisotopic (exact) mass is 296 g/mol. The fourth-order valence-electron chi connectivity index (χ4n) is 2.80. The van der Waals surface area contributed by atoms with Gasteiger partial charge in [0.1, 0.15) is 5.75 Å². The number of carbonyl (C=O) groups excluding carboxylic acids is 1. The van der Waals surface area contributed by atoms with E-state index in [2.05, 4.69) is 5.32 Å². The fourth-order valence-corrected chi connectivity index (χ4v) is 2.80. The van der Waals surface area contributed by atoms with E-state index < -0.39 is 11.8 Å². The van der Waals surface area contributed by atoms with E-state index in [1.165, 1.54) is 0 Å². The minimum Gasteiger partial charge on any atom is -0.482 e. The first kappa shape index (κ1) is 14.3. The van der Waals surface area contributed by atoms with Crippen LogP contribution in [0.3, 0.4) is 0 Å². The summed E-state index contributed by atoms with van der Waals surface area (Å²) in [6.45, 7) is 2.99. The Kier molecular flexibility index (Phi) is 3.57. The average Bonchev–Trinajstić information content (AvgIpc) is 2.43. The van der Waals surface area contributed by atoms with Gasteiger partial charge in [-0.2, -0.15) is 0 Å². The Morgan fingerprint density at radius 3 is 3.05 bits per heavy atom. The molecular weight excluding hydrogens is 278 g/mol. The Bertz CT molecular complexity index is 563. The van der Waals surface area contributed by atoms with Crippen molar-refractivity contribution in [2.45, 2.75) is 25.8 Å². The number of amides is 1. The van der Waals surface area contributed by atoms with Crippen LogP contribution in [-0.2, 0) is 11.3 Å². The molecule has 1 saturated heterocycles. The Labute approximate surface area is 122 Å². The van der Waals surface area contributed by atoms with Crippen molar-refractivity contribution < 1.29 is 18.3 Å². The maximum atomic E-state index is 13.5. The summed E-state index contributed by atoms with van der Waals surface area (Å²) in [5.74, 6) is -2.72. The van der Waals surface area contributed by atoms with Gasteiger partial charge in [-0.05, 0) is 17.7 Å². The molecule has 2 aliphatic heterocycles. The second kappa shape index (κ2) is 5.26. The second-order valence-corrected chi connectivity index (χ2v) is 5.81. The van der Waals surface area contributed by atoms with Crippen molar-refractivity contribution in [1.29, 1.82) is 0 Å². The summed E-state index contributed by atoms with van der Waals surface area (Å²) in [5.41, 5.74) is 1.64. The highest BCUT2D eigenvalue weighted by Gasteiger charge is 2.40. The van der Waals surface area contributed by atoms with Crippen LogP contribution in [0.1, 0.15) is 18.9 Å². The van der Waals surface area contributed by atoms with Crippen molar-refractivity contribution >= 4 is 11.6 Å². The predicted molar refractivity (Wildman–Crippen MR) is 74.6 cm³/mol. The van der Waals surface area contributed by atoms with Crippen molar-refractivity contribution in [2.75, 3.05) is 25.0 Å². The molecular formula is C15H18F2N2O2. The third-order valence-corrected chi connectivity index (χ3v) is 4.10. The lowest BCUT2D eigenvalue weighted by atomic mass is 9.95. The quantitative estimate of drug-likeness (QED) is 0.911. The number of alkyl halides is 2. The lowest BCUT2D eigenvalue weighted by Gasteiger charge is -2.36. The first-order valence-electron chi connectivity index (χ1n) is 7.10. The maximum absolute atomic E-state index is 13.5. The van der Waals surface area contributed by atoms with Crippen molar-refractivity contribution in [2.24, 2.45) is 5.92 Å². The number of benzene rings is 1. The van der Waals surface area contributed by atoms with E-state index in [0.717, 1.165) is 5.56 Å². The highest BCUT2D eigenvalue weighted by atomic mass is 19.3. The molecule has 1 atom stereocenters. The van der Waals surface area contributed by atoms with Gasteiger partial charge < -0.3 is 10.1 Å². The molecule has 0 spiro atoms. The lowest BCUT2D eigenvalue weighted by Crippen LogP contribution is -2.45. The molecule has 0 bridgehead atoms. The highest BCUT2D eigenvalue weighted by molar-refractivity contribution is 5.95. The molecule has 1 aromatic rings. The smallest absolute Gasteiger partial charge is 0.262 e. The summed E-state index contributed by atoms with van der Waals surface area (Å²) in [4.78, 5) is 13.3. The van der Waals surface area contributed by atoms with E-state index in [1.807, 2.05) is 23.1 Å². The molecule has 4 nitrogen and oxygen atoms in total. The second-order valence-electron chi connectivity index (χ2n) is 5.81. The van der Waals surface area contributed by atoms with E-state index in [-0.39, 0.29) is 18.9 Å². The number of hydrogen-bond donors (Lipinski definition) is 1. The van der Waals surface area contributed by atoms with Crippen LogP contribution in [-0.4, -0.2) is 36.4 Å². The fraction of sp³-hybridized carbons (Fsp3) is 0.533. The number of fused-ring (bicyclic) bond motifs is 1. The number of nitrogens with zero attached hydrogens (tertiary/aromatic N) is 1. The van der Waals surface area contributed by atoms with Crippen LogP contribution in [0.4, 0.5) is 14.5 Å². The first-order valence-corrected chi connectivity index (χ1v) is 7.10. The summed E-state index contributed by atoms with van der Waals surface area (Å²) < 4.78 is 32.3. The number of rotatable bonds is 2. The Hall–Kier alpha value is -1.69. The molecule has 3 rings (SSSR count). The van der Waals surface area contributed by atoms with E-state index in [0.29, 0.717) is 31.1 Å². The van der Waals surface area contributed by atoms with Gasteiger partial charge in [-0.25, -0.2) is 8.78 Å². The standard InChI is InChI=1S/C15H18F2N2O2/c1-10-7-19(5-4-15(10,16)17)8-11-2-3-13-12(6-11)18-14(20)9-21-13/h2-3,6,10H,4-5,7-9H2,1H3,(H,18,20). The van der Waals surface area contributed by atoms with E-state index in [1.54, 1.807) is 6.92 Å². The van der Waals surface area contributed by atoms with E-state index in [9.17, 15) is 13.6 Å². The molecule has 1 N–H and O–H groups in total. The molecule has 21 heavy (non-hydrogen) atoms. The molecule has 6 heteroatoms. The van der Waals surface area contributed by atoms with Gasteiger partial charge in [0.15, 0.2) is 6.61 Å². The third kappa shape index (κ3) is 3.00. The van der Waals surface area contributed by atoms with Crippen molar-refractivity contribution in [3.8, 4) is 5.75 Å². The number of hydrogen-bond acceptors (Lipinski definition) is 3. The van der Waals surface area contributed by atoms with Crippen LogP contribution in [0.5, 0.6) is 5.75 Å². The summed E-state index contributed by atoms with van der Waals surface area (Å²) in [7, 11) is 0. The summed E-state index contributed by atoms with van der Waals surface area (Å²) in [6, 6.07) is 5.57. The number of likely N-dealkylation sites (tertiary alicyclic amines) is 1. The van der Waals surface area contributed by atoms with Crippen LogP contribution in [0, 0.1) is 5.92 Å². The molecule has 1 aromatic carbocycles. The lowest BCUT2D eigenvalue weighted by molar-refractivity contribution is -0.118. The van der Waals surface area contributed by atoms with Gasteiger partial charge in [0.05, 0.1) is 5.69 Å². The van der Waals surface area contributed by atoms with Crippen LogP contribution < -0.4 is 10.1 Å². The van der Waals surface area contributed by atoms with Crippen LogP contribution in [0.2, 0.25) is 0 Å². The molecule has 114 valence electrons. The van der Waals surface area contributed by atoms with Crippen LogP contribution in [0.15, 0.2) is 18.2 Å². The van der Waals surface area contributed by atoms with Crippen molar-refractivity contribution in [3.63, 3.8) is 0 Å². The molecule has 0 radical (unpaired) electrons. The number of ether oxygens (including phenoxy) is 1. The molecule has 1 fully saturated rings. The molecule has 0 aliphatic carbocycles. The topological polar surface area (TPSA) is 41.6 Å². The largest absolute Gasteiger partial charge is 0.482 e. The zero-order valence-corrected chi connectivity index (χ0v) is 11.9. The molecule has 2 heterocycles. The minimum atomic E-state index is -2.56. The normalized spacial score (nSPS) is 24.9. The molecule has 1 amide bonds. The zero-order chi connectivity index (χ0) is 15.0. The number of piperidine rings is 1. The Morgan fingerprint density at radius 2 is 2.29 bits per heavy atom.